The van der Waals surface area contributed by atoms with Gasteiger partial charge in [0.05, 0.1) is 18.3 Å². The van der Waals surface area contributed by atoms with Crippen molar-refractivity contribution in [1.29, 1.82) is 0 Å². The largest absolute Gasteiger partial charge is 0.480 e. The molecular weight excluding hydrogens is 474 g/mol. The van der Waals surface area contributed by atoms with Gasteiger partial charge in [-0.1, -0.05) is 6.07 Å². The highest BCUT2D eigenvalue weighted by atomic mass is 16.5. The highest BCUT2D eigenvalue weighted by Gasteiger charge is 2.22. The number of aryl methyl sites for hydroxylation is 1. The van der Waals surface area contributed by atoms with E-state index in [9.17, 15) is 0 Å². The number of aromatic nitrogens is 4. The number of nitrogens with zero attached hydrogens (tertiary/aromatic N) is 6. The molecule has 196 valence electrons. The number of fused-ring (bicyclic) bond motifs is 2. The molecule has 1 saturated heterocycles. The molecule has 4 aromatic rings. The first-order valence-corrected chi connectivity index (χ1v) is 13.5. The van der Waals surface area contributed by atoms with Crippen LogP contribution in [0.5, 0.6) is 5.88 Å². The number of benzene rings is 2. The van der Waals surface area contributed by atoms with E-state index in [1.54, 1.807) is 13.4 Å². The number of hydrogen-bond donors (Lipinski definition) is 1. The Kier molecular flexibility index (Phi) is 6.81. The zero-order chi connectivity index (χ0) is 26.1. The summed E-state index contributed by atoms with van der Waals surface area (Å²) in [5, 5.41) is 13.3. The lowest BCUT2D eigenvalue weighted by Crippen LogP contribution is -2.33. The van der Waals surface area contributed by atoms with Crippen molar-refractivity contribution < 1.29 is 4.74 Å². The number of likely N-dealkylation sites (tertiary alicyclic amines) is 1. The molecule has 38 heavy (non-hydrogen) atoms. The SMILES string of the molecule is COc1ccc(-c2cc(C)c3ncnc(N4CCc5ccc(NCC6CCN(C)CC6)cc5C4)c3c2)nn1. The Morgan fingerprint density at radius 2 is 1.84 bits per heavy atom. The fraction of sp³-hybridized carbons (Fsp3) is 0.400. The second-order valence-electron chi connectivity index (χ2n) is 10.6. The van der Waals surface area contributed by atoms with E-state index in [1.807, 2.05) is 12.1 Å². The van der Waals surface area contributed by atoms with Gasteiger partial charge < -0.3 is 19.9 Å². The Morgan fingerprint density at radius 1 is 0.974 bits per heavy atom. The lowest BCUT2D eigenvalue weighted by molar-refractivity contribution is 0.226. The number of rotatable bonds is 6. The summed E-state index contributed by atoms with van der Waals surface area (Å²) < 4.78 is 5.18. The summed E-state index contributed by atoms with van der Waals surface area (Å²) in [6.07, 6.45) is 5.23. The minimum absolute atomic E-state index is 0.502. The Hall–Kier alpha value is -3.78. The van der Waals surface area contributed by atoms with E-state index in [2.05, 4.69) is 74.6 Å². The van der Waals surface area contributed by atoms with Gasteiger partial charge >= 0.3 is 0 Å². The normalized spacial score (nSPS) is 16.4. The summed E-state index contributed by atoms with van der Waals surface area (Å²) in [5.41, 5.74) is 7.87. The quantitative estimate of drug-likeness (QED) is 0.400. The van der Waals surface area contributed by atoms with Crippen LogP contribution in [-0.2, 0) is 13.0 Å². The monoisotopic (exact) mass is 509 g/mol. The van der Waals surface area contributed by atoms with E-state index >= 15 is 0 Å². The number of piperidine rings is 1. The summed E-state index contributed by atoms with van der Waals surface area (Å²) in [5.74, 6) is 2.22. The third-order valence-electron chi connectivity index (χ3n) is 8.00. The molecule has 0 unspecified atom stereocenters. The highest BCUT2D eigenvalue weighted by molar-refractivity contribution is 5.94. The van der Waals surface area contributed by atoms with Crippen molar-refractivity contribution in [2.24, 2.45) is 5.92 Å². The molecule has 2 aliphatic rings. The van der Waals surface area contributed by atoms with E-state index in [-0.39, 0.29) is 0 Å². The zero-order valence-corrected chi connectivity index (χ0v) is 22.4. The van der Waals surface area contributed by atoms with E-state index in [4.69, 9.17) is 9.72 Å². The third kappa shape index (κ3) is 5.00. The van der Waals surface area contributed by atoms with E-state index < -0.39 is 0 Å². The van der Waals surface area contributed by atoms with Gasteiger partial charge in [-0.05, 0) is 99.3 Å². The number of nitrogens with one attached hydrogen (secondary N) is 1. The molecule has 2 aromatic carbocycles. The van der Waals surface area contributed by atoms with Gasteiger partial charge in [-0.3, -0.25) is 0 Å². The maximum absolute atomic E-state index is 5.18. The highest BCUT2D eigenvalue weighted by Crippen LogP contribution is 2.33. The summed E-state index contributed by atoms with van der Waals surface area (Å²) >= 11 is 0. The Bertz CT molecular complexity index is 1430. The van der Waals surface area contributed by atoms with Crippen molar-refractivity contribution in [1.82, 2.24) is 25.1 Å². The summed E-state index contributed by atoms with van der Waals surface area (Å²) in [6.45, 7) is 7.29. The first kappa shape index (κ1) is 24.6. The molecule has 0 bridgehead atoms. The topological polar surface area (TPSA) is 79.3 Å². The van der Waals surface area contributed by atoms with Crippen molar-refractivity contribution >= 4 is 22.4 Å². The van der Waals surface area contributed by atoms with Crippen molar-refractivity contribution in [3.63, 3.8) is 0 Å². The number of methoxy groups -OCH3 is 1. The summed E-state index contributed by atoms with van der Waals surface area (Å²) in [7, 11) is 3.81. The maximum atomic E-state index is 5.18. The molecule has 0 atom stereocenters. The first-order chi connectivity index (χ1) is 18.6. The van der Waals surface area contributed by atoms with Crippen LogP contribution in [0.1, 0.15) is 29.5 Å². The van der Waals surface area contributed by atoms with E-state index in [0.29, 0.717) is 5.88 Å². The van der Waals surface area contributed by atoms with Crippen LogP contribution >= 0.6 is 0 Å². The molecule has 0 radical (unpaired) electrons. The molecule has 4 heterocycles. The number of ether oxygens (including phenoxy) is 1. The van der Waals surface area contributed by atoms with Crippen LogP contribution in [0.2, 0.25) is 0 Å². The molecule has 8 heteroatoms. The average molecular weight is 510 g/mol. The molecule has 8 nitrogen and oxygen atoms in total. The van der Waals surface area contributed by atoms with E-state index in [0.717, 1.165) is 65.5 Å². The second kappa shape index (κ2) is 10.5. The van der Waals surface area contributed by atoms with Crippen molar-refractivity contribution in [3.8, 4) is 17.1 Å². The minimum atomic E-state index is 0.502. The Morgan fingerprint density at radius 3 is 2.63 bits per heavy atom. The number of hydrogen-bond acceptors (Lipinski definition) is 8. The van der Waals surface area contributed by atoms with Crippen LogP contribution in [0.4, 0.5) is 11.5 Å². The molecule has 2 aromatic heterocycles. The van der Waals surface area contributed by atoms with Gasteiger partial charge in [0.2, 0.25) is 5.88 Å². The van der Waals surface area contributed by atoms with Gasteiger partial charge in [-0.2, -0.15) is 0 Å². The lowest BCUT2D eigenvalue weighted by atomic mass is 9.96. The molecule has 0 aliphatic carbocycles. The Balaban J connectivity index is 1.25. The maximum Gasteiger partial charge on any atom is 0.233 e. The van der Waals surface area contributed by atoms with Crippen LogP contribution in [0.3, 0.4) is 0 Å². The fourth-order valence-corrected chi connectivity index (χ4v) is 5.69. The second-order valence-corrected chi connectivity index (χ2v) is 10.6. The third-order valence-corrected chi connectivity index (χ3v) is 8.00. The molecule has 0 amide bonds. The standard InChI is InChI=1S/C30H35N7O/c1-20-14-23(27-6-7-28(38-3)35-34-27)16-26-29(20)32-19-33-30(26)37-13-10-22-4-5-25(15-24(22)18-37)31-17-21-8-11-36(2)12-9-21/h4-7,14-16,19,21,31H,8-13,17-18H2,1-3H3. The van der Waals surface area contributed by atoms with Crippen LogP contribution in [-0.4, -0.2) is 65.4 Å². The average Bonchev–Trinajstić information content (AvgIpc) is 2.96. The van der Waals surface area contributed by atoms with Crippen LogP contribution < -0.4 is 15.0 Å². The van der Waals surface area contributed by atoms with Gasteiger partial charge in [0.15, 0.2) is 0 Å². The molecule has 0 spiro atoms. The first-order valence-electron chi connectivity index (χ1n) is 13.5. The van der Waals surface area contributed by atoms with E-state index in [1.165, 1.54) is 42.7 Å². The van der Waals surface area contributed by atoms with Gasteiger partial charge in [0.1, 0.15) is 12.1 Å². The molecular formula is C30H35N7O. The van der Waals surface area contributed by atoms with Crippen molar-refractivity contribution in [2.75, 3.05) is 50.6 Å². The van der Waals surface area contributed by atoms with Gasteiger partial charge in [0, 0.05) is 42.3 Å². The predicted octanol–water partition coefficient (Wildman–Crippen LogP) is 4.72. The smallest absolute Gasteiger partial charge is 0.233 e. The predicted molar refractivity (Wildman–Crippen MR) is 152 cm³/mol. The Labute approximate surface area is 224 Å². The van der Waals surface area contributed by atoms with Crippen molar-refractivity contribution in [3.05, 3.63) is 65.5 Å². The van der Waals surface area contributed by atoms with Crippen molar-refractivity contribution in [2.45, 2.75) is 32.7 Å². The van der Waals surface area contributed by atoms with Crippen LogP contribution in [0.25, 0.3) is 22.2 Å². The lowest BCUT2D eigenvalue weighted by Gasteiger charge is -2.31. The van der Waals surface area contributed by atoms with Crippen LogP contribution in [0.15, 0.2) is 48.8 Å². The van der Waals surface area contributed by atoms with Crippen LogP contribution in [0, 0.1) is 12.8 Å². The molecule has 2 aliphatic heterocycles. The van der Waals surface area contributed by atoms with Gasteiger partial charge in [-0.25, -0.2) is 9.97 Å². The van der Waals surface area contributed by atoms with Gasteiger partial charge in [0.25, 0.3) is 0 Å². The summed E-state index contributed by atoms with van der Waals surface area (Å²) in [6, 6.07) is 14.9. The van der Waals surface area contributed by atoms with Gasteiger partial charge in [-0.15, -0.1) is 10.2 Å². The zero-order valence-electron chi connectivity index (χ0n) is 22.4. The minimum Gasteiger partial charge on any atom is -0.480 e. The molecule has 1 N–H and O–H groups in total. The summed E-state index contributed by atoms with van der Waals surface area (Å²) in [4.78, 5) is 14.2. The molecule has 6 rings (SSSR count). The molecule has 1 fully saturated rings. The number of anilines is 2. The fourth-order valence-electron chi connectivity index (χ4n) is 5.69. The molecule has 0 saturated carbocycles.